The Balaban J connectivity index is 1.45. The molecule has 1 amide bonds. The molecule has 1 saturated heterocycles. The third-order valence-electron chi connectivity index (χ3n) is 5.66. The molecule has 0 spiro atoms. The quantitative estimate of drug-likeness (QED) is 0.466. The van der Waals surface area contributed by atoms with Crippen molar-refractivity contribution >= 4 is 21.9 Å². The molecule has 1 aliphatic rings. The lowest BCUT2D eigenvalue weighted by atomic mass is 9.99. The van der Waals surface area contributed by atoms with Crippen LogP contribution in [0.4, 0.5) is 4.39 Å². The number of rotatable bonds is 8. The number of sulfonamides is 1. The summed E-state index contributed by atoms with van der Waals surface area (Å²) in [7, 11) is -4.17. The number of ether oxygens (including phenoxy) is 2. The molecule has 188 valence electrons. The van der Waals surface area contributed by atoms with Crippen molar-refractivity contribution in [2.75, 3.05) is 32.9 Å². The second-order valence-corrected chi connectivity index (χ2v) is 9.97. The van der Waals surface area contributed by atoms with Crippen LogP contribution < -0.4 is 5.32 Å². The number of amides is 1. The van der Waals surface area contributed by atoms with E-state index >= 15 is 0 Å². The van der Waals surface area contributed by atoms with E-state index in [9.17, 15) is 22.4 Å². The Morgan fingerprint density at radius 3 is 2.11 bits per heavy atom. The molecule has 1 N–H and O–H groups in total. The lowest BCUT2D eigenvalue weighted by Gasteiger charge is -2.26. The first kappa shape index (κ1) is 25.5. The highest BCUT2D eigenvalue weighted by Gasteiger charge is 2.30. The van der Waals surface area contributed by atoms with Gasteiger partial charge in [-0.25, -0.2) is 17.6 Å². The third-order valence-corrected chi connectivity index (χ3v) is 7.57. The minimum Gasteiger partial charge on any atom is -0.452 e. The molecule has 1 fully saturated rings. The van der Waals surface area contributed by atoms with Crippen molar-refractivity contribution in [3.05, 3.63) is 101 Å². The Bertz CT molecular complexity index is 1270. The second kappa shape index (κ2) is 11.4. The van der Waals surface area contributed by atoms with Gasteiger partial charge in [-0.05, 0) is 29.3 Å². The molecular formula is C26H25FN2O6S. The first-order chi connectivity index (χ1) is 17.4. The summed E-state index contributed by atoms with van der Waals surface area (Å²) in [6.07, 6.45) is 0. The van der Waals surface area contributed by atoms with Crippen molar-refractivity contribution in [3.8, 4) is 0 Å². The summed E-state index contributed by atoms with van der Waals surface area (Å²) >= 11 is 0. The fourth-order valence-electron chi connectivity index (χ4n) is 3.82. The summed E-state index contributed by atoms with van der Waals surface area (Å²) in [4.78, 5) is 24.6. The van der Waals surface area contributed by atoms with Gasteiger partial charge >= 0.3 is 5.97 Å². The van der Waals surface area contributed by atoms with Crippen molar-refractivity contribution in [3.63, 3.8) is 0 Å². The van der Waals surface area contributed by atoms with E-state index in [4.69, 9.17) is 9.47 Å². The van der Waals surface area contributed by atoms with Crippen molar-refractivity contribution in [2.24, 2.45) is 0 Å². The monoisotopic (exact) mass is 512 g/mol. The first-order valence-electron chi connectivity index (χ1n) is 11.3. The molecule has 0 aliphatic carbocycles. The predicted octanol–water partition coefficient (Wildman–Crippen LogP) is 2.91. The van der Waals surface area contributed by atoms with E-state index in [0.717, 1.165) is 33.6 Å². The van der Waals surface area contributed by atoms with E-state index in [-0.39, 0.29) is 31.9 Å². The van der Waals surface area contributed by atoms with Crippen LogP contribution >= 0.6 is 0 Å². The van der Waals surface area contributed by atoms with Gasteiger partial charge in [-0.2, -0.15) is 4.31 Å². The number of nitrogens with one attached hydrogen (secondary N) is 1. The van der Waals surface area contributed by atoms with E-state index < -0.39 is 45.3 Å². The Hall–Kier alpha value is -3.60. The van der Waals surface area contributed by atoms with Crippen LogP contribution in [-0.4, -0.2) is 57.5 Å². The number of esters is 1. The maximum atomic E-state index is 14.4. The second-order valence-electron chi connectivity index (χ2n) is 8.06. The highest BCUT2D eigenvalue weighted by molar-refractivity contribution is 7.89. The summed E-state index contributed by atoms with van der Waals surface area (Å²) in [6.45, 7) is -0.0333. The van der Waals surface area contributed by atoms with E-state index in [2.05, 4.69) is 5.32 Å². The first-order valence-corrected chi connectivity index (χ1v) is 12.7. The normalized spacial score (nSPS) is 14.4. The molecule has 3 aromatic carbocycles. The fourth-order valence-corrected chi connectivity index (χ4v) is 5.32. The molecule has 4 rings (SSSR count). The number of carbonyl (C=O) groups excluding carboxylic acids is 2. The van der Waals surface area contributed by atoms with E-state index in [1.807, 2.05) is 60.7 Å². The average Bonchev–Trinajstić information content (AvgIpc) is 2.92. The van der Waals surface area contributed by atoms with Crippen LogP contribution in [0, 0.1) is 5.82 Å². The minimum atomic E-state index is -4.17. The summed E-state index contributed by atoms with van der Waals surface area (Å²) in [6, 6.07) is 21.1. The van der Waals surface area contributed by atoms with Crippen molar-refractivity contribution < 1.29 is 31.9 Å². The molecular weight excluding hydrogens is 487 g/mol. The number of halogens is 1. The molecule has 0 bridgehead atoms. The predicted molar refractivity (Wildman–Crippen MR) is 129 cm³/mol. The van der Waals surface area contributed by atoms with Crippen LogP contribution in [0.3, 0.4) is 0 Å². The van der Waals surface area contributed by atoms with Gasteiger partial charge in [-0.3, -0.25) is 4.79 Å². The summed E-state index contributed by atoms with van der Waals surface area (Å²) in [5.41, 5.74) is 1.51. The lowest BCUT2D eigenvalue weighted by Crippen LogP contribution is -2.41. The molecule has 0 radical (unpaired) electrons. The highest BCUT2D eigenvalue weighted by Crippen LogP contribution is 2.23. The van der Waals surface area contributed by atoms with E-state index in [0.29, 0.717) is 0 Å². The maximum Gasteiger partial charge on any atom is 0.338 e. The van der Waals surface area contributed by atoms with Gasteiger partial charge in [-0.1, -0.05) is 60.7 Å². The summed E-state index contributed by atoms with van der Waals surface area (Å²) < 4.78 is 51.5. The van der Waals surface area contributed by atoms with Crippen molar-refractivity contribution in [2.45, 2.75) is 10.9 Å². The zero-order chi connectivity index (χ0) is 25.5. The molecule has 8 nitrogen and oxygen atoms in total. The van der Waals surface area contributed by atoms with Crippen LogP contribution in [0.15, 0.2) is 83.8 Å². The zero-order valence-electron chi connectivity index (χ0n) is 19.3. The number of carbonyl (C=O) groups is 2. The van der Waals surface area contributed by atoms with Crippen LogP contribution in [0.2, 0.25) is 0 Å². The topological polar surface area (TPSA) is 102 Å². The van der Waals surface area contributed by atoms with E-state index in [1.165, 1.54) is 0 Å². The van der Waals surface area contributed by atoms with Gasteiger partial charge in [-0.15, -0.1) is 0 Å². The van der Waals surface area contributed by atoms with Crippen LogP contribution in [-0.2, 0) is 24.3 Å². The molecule has 1 heterocycles. The Morgan fingerprint density at radius 2 is 1.53 bits per heavy atom. The zero-order valence-corrected chi connectivity index (χ0v) is 20.1. The minimum absolute atomic E-state index is 0.0839. The molecule has 10 heteroatoms. The SMILES string of the molecule is O=C(COC(=O)c1ccc(F)c(S(=O)(=O)N2CCOCC2)c1)NC(c1ccccc1)c1ccccc1. The number of morpholine rings is 1. The molecule has 0 unspecified atom stereocenters. The maximum absolute atomic E-state index is 14.4. The van der Waals surface area contributed by atoms with Crippen molar-refractivity contribution in [1.29, 1.82) is 0 Å². The average molecular weight is 513 g/mol. The van der Waals surface area contributed by atoms with Gasteiger partial charge in [0.05, 0.1) is 24.8 Å². The third kappa shape index (κ3) is 5.96. The van der Waals surface area contributed by atoms with Gasteiger partial charge in [0.2, 0.25) is 10.0 Å². The highest BCUT2D eigenvalue weighted by atomic mass is 32.2. The number of hydrogen-bond donors (Lipinski definition) is 1. The number of nitrogens with zero attached hydrogens (tertiary/aromatic N) is 1. The Morgan fingerprint density at radius 1 is 0.944 bits per heavy atom. The molecule has 36 heavy (non-hydrogen) atoms. The van der Waals surface area contributed by atoms with Gasteiger partial charge in [0.25, 0.3) is 5.91 Å². The largest absolute Gasteiger partial charge is 0.452 e. The standard InChI is InChI=1S/C26H25FN2O6S/c27-22-12-11-21(17-23(22)36(32,33)29-13-15-34-16-14-29)26(31)35-18-24(30)28-25(19-7-3-1-4-8-19)20-9-5-2-6-10-20/h1-12,17,25H,13-16,18H2,(H,28,30). The van der Waals surface area contributed by atoms with Gasteiger partial charge in [0, 0.05) is 13.1 Å². The Kier molecular flexibility index (Phi) is 8.09. The van der Waals surface area contributed by atoms with Crippen molar-refractivity contribution in [1.82, 2.24) is 9.62 Å². The lowest BCUT2D eigenvalue weighted by molar-refractivity contribution is -0.124. The fraction of sp³-hybridized carbons (Fsp3) is 0.231. The number of benzene rings is 3. The van der Waals surface area contributed by atoms with Crippen LogP contribution in [0.5, 0.6) is 0 Å². The molecule has 3 aromatic rings. The number of hydrogen-bond acceptors (Lipinski definition) is 6. The molecule has 1 aliphatic heterocycles. The smallest absolute Gasteiger partial charge is 0.338 e. The van der Waals surface area contributed by atoms with Crippen LogP contribution in [0.1, 0.15) is 27.5 Å². The summed E-state index contributed by atoms with van der Waals surface area (Å²) in [5, 5.41) is 2.85. The summed E-state index contributed by atoms with van der Waals surface area (Å²) in [5.74, 6) is -2.48. The van der Waals surface area contributed by atoms with Gasteiger partial charge in [0.1, 0.15) is 10.7 Å². The molecule has 0 saturated carbocycles. The van der Waals surface area contributed by atoms with Crippen LogP contribution in [0.25, 0.3) is 0 Å². The van der Waals surface area contributed by atoms with E-state index in [1.54, 1.807) is 0 Å². The van der Waals surface area contributed by atoms with Gasteiger partial charge in [0.15, 0.2) is 6.61 Å². The molecule has 0 atom stereocenters. The van der Waals surface area contributed by atoms with Gasteiger partial charge < -0.3 is 14.8 Å². The molecule has 0 aromatic heterocycles. The Labute approximate surface area is 208 Å².